The van der Waals surface area contributed by atoms with E-state index in [0.717, 1.165) is 43.7 Å². The Bertz CT molecular complexity index is 636. The average Bonchev–Trinajstić information content (AvgIpc) is 3.51. The minimum Gasteiger partial charge on any atom is -0.368 e. The molecule has 0 unspecified atom stereocenters. The second-order valence-corrected chi connectivity index (χ2v) is 7.18. The summed E-state index contributed by atoms with van der Waals surface area (Å²) in [4.78, 5) is 21.1. The molecule has 2 N–H and O–H groups in total. The maximum atomic E-state index is 13.0. The number of hydrogen-bond donors (Lipinski definition) is 2. The number of rotatable bonds is 7. The summed E-state index contributed by atoms with van der Waals surface area (Å²) < 4.78 is 13.0. The van der Waals surface area contributed by atoms with Gasteiger partial charge in [0.1, 0.15) is 5.82 Å². The Kier molecular flexibility index (Phi) is 6.90. The second-order valence-electron chi connectivity index (χ2n) is 7.18. The van der Waals surface area contributed by atoms with E-state index in [-0.39, 0.29) is 11.7 Å². The van der Waals surface area contributed by atoms with Crippen LogP contribution in [0.1, 0.15) is 26.2 Å². The number of carbonyl (C=O) groups excluding carboxylic acids is 1. The minimum atomic E-state index is -0.224. The highest BCUT2D eigenvalue weighted by atomic mass is 19.1. The van der Waals surface area contributed by atoms with Crippen molar-refractivity contribution in [2.45, 2.75) is 26.2 Å². The molecule has 1 aromatic rings. The van der Waals surface area contributed by atoms with Crippen molar-refractivity contribution in [2.75, 3.05) is 50.7 Å². The van der Waals surface area contributed by atoms with Crippen molar-refractivity contribution in [3.8, 4) is 0 Å². The molecule has 0 radical (unpaired) electrons. The third-order valence-electron chi connectivity index (χ3n) is 5.00. The zero-order chi connectivity index (χ0) is 19.1. The zero-order valence-electron chi connectivity index (χ0n) is 16.1. The molecule has 27 heavy (non-hydrogen) atoms. The highest BCUT2D eigenvalue weighted by Crippen LogP contribution is 2.28. The largest absolute Gasteiger partial charge is 0.368 e. The third-order valence-corrected chi connectivity index (χ3v) is 5.00. The zero-order valence-corrected chi connectivity index (χ0v) is 16.1. The summed E-state index contributed by atoms with van der Waals surface area (Å²) in [6.45, 7) is 7.27. The molecule has 1 heterocycles. The first-order valence-electron chi connectivity index (χ1n) is 9.96. The Morgan fingerprint density at radius 1 is 1.15 bits per heavy atom. The predicted octanol–water partition coefficient (Wildman–Crippen LogP) is 1.83. The van der Waals surface area contributed by atoms with Gasteiger partial charge in [-0.1, -0.05) is 0 Å². The minimum absolute atomic E-state index is 0.166. The molecule has 0 spiro atoms. The smallest absolute Gasteiger partial charge is 0.224 e. The normalized spacial score (nSPS) is 17.8. The maximum absolute atomic E-state index is 13.0. The van der Waals surface area contributed by atoms with Crippen LogP contribution in [0.2, 0.25) is 0 Å². The fourth-order valence-corrected chi connectivity index (χ4v) is 3.17. The van der Waals surface area contributed by atoms with Gasteiger partial charge in [-0.05, 0) is 49.9 Å². The third kappa shape index (κ3) is 6.12. The molecule has 1 amide bonds. The number of anilines is 1. The summed E-state index contributed by atoms with van der Waals surface area (Å²) in [6, 6.07) is 6.54. The van der Waals surface area contributed by atoms with Crippen LogP contribution >= 0.6 is 0 Å². The van der Waals surface area contributed by atoms with Gasteiger partial charge < -0.3 is 20.4 Å². The molecule has 3 rings (SSSR count). The van der Waals surface area contributed by atoms with Gasteiger partial charge in [0.25, 0.3) is 0 Å². The number of nitrogens with zero attached hydrogens (tertiary/aromatic N) is 3. The van der Waals surface area contributed by atoms with E-state index in [1.807, 2.05) is 11.8 Å². The van der Waals surface area contributed by atoms with Crippen molar-refractivity contribution in [3.63, 3.8) is 0 Å². The number of piperazine rings is 1. The van der Waals surface area contributed by atoms with Crippen molar-refractivity contribution in [1.82, 2.24) is 15.5 Å². The fraction of sp³-hybridized carbons (Fsp3) is 0.600. The van der Waals surface area contributed by atoms with Gasteiger partial charge in [-0.2, -0.15) is 0 Å². The number of carbonyl (C=O) groups is 1. The van der Waals surface area contributed by atoms with E-state index in [9.17, 15) is 9.18 Å². The van der Waals surface area contributed by atoms with E-state index < -0.39 is 0 Å². The Morgan fingerprint density at radius 2 is 1.85 bits per heavy atom. The van der Waals surface area contributed by atoms with Gasteiger partial charge in [-0.3, -0.25) is 9.79 Å². The highest BCUT2D eigenvalue weighted by molar-refractivity contribution is 5.81. The fourth-order valence-electron chi connectivity index (χ4n) is 3.17. The van der Waals surface area contributed by atoms with Gasteiger partial charge in [0.15, 0.2) is 5.96 Å². The lowest BCUT2D eigenvalue weighted by atomic mass is 10.2. The lowest BCUT2D eigenvalue weighted by molar-refractivity contribution is -0.131. The van der Waals surface area contributed by atoms with Gasteiger partial charge in [0.2, 0.25) is 5.91 Å². The molecule has 1 aromatic carbocycles. The van der Waals surface area contributed by atoms with E-state index in [2.05, 4.69) is 20.5 Å². The predicted molar refractivity (Wildman–Crippen MR) is 107 cm³/mol. The van der Waals surface area contributed by atoms with E-state index in [1.54, 1.807) is 12.1 Å². The van der Waals surface area contributed by atoms with Crippen LogP contribution in [0.15, 0.2) is 29.3 Å². The molecule has 2 fully saturated rings. The van der Waals surface area contributed by atoms with Crippen LogP contribution in [-0.4, -0.2) is 62.6 Å². The first-order chi connectivity index (χ1) is 13.2. The molecule has 148 valence electrons. The average molecular weight is 375 g/mol. The van der Waals surface area contributed by atoms with Crippen molar-refractivity contribution in [1.29, 1.82) is 0 Å². The van der Waals surface area contributed by atoms with E-state index >= 15 is 0 Å². The number of aliphatic imine (C=N–C) groups is 1. The number of halogens is 1. The van der Waals surface area contributed by atoms with E-state index in [4.69, 9.17) is 0 Å². The lowest BCUT2D eigenvalue weighted by Crippen LogP contribution is -2.49. The molecule has 0 aromatic heterocycles. The molecular weight excluding hydrogens is 345 g/mol. The van der Waals surface area contributed by atoms with Gasteiger partial charge in [0.05, 0.1) is 0 Å². The Labute approximate surface area is 160 Å². The van der Waals surface area contributed by atoms with Gasteiger partial charge in [-0.15, -0.1) is 0 Å². The maximum Gasteiger partial charge on any atom is 0.224 e. The van der Waals surface area contributed by atoms with Crippen LogP contribution < -0.4 is 15.5 Å². The van der Waals surface area contributed by atoms with Crippen molar-refractivity contribution < 1.29 is 9.18 Å². The van der Waals surface area contributed by atoms with Crippen LogP contribution in [-0.2, 0) is 4.79 Å². The van der Waals surface area contributed by atoms with Gasteiger partial charge in [0, 0.05) is 57.9 Å². The summed E-state index contributed by atoms with van der Waals surface area (Å²) >= 11 is 0. The van der Waals surface area contributed by atoms with Crippen molar-refractivity contribution >= 4 is 17.6 Å². The second kappa shape index (κ2) is 9.58. The molecule has 1 saturated heterocycles. The van der Waals surface area contributed by atoms with Crippen LogP contribution in [0.5, 0.6) is 0 Å². The summed E-state index contributed by atoms with van der Waals surface area (Å²) in [5.74, 6) is 1.50. The number of benzene rings is 1. The quantitative estimate of drug-likeness (QED) is 0.564. The number of amides is 1. The van der Waals surface area contributed by atoms with Crippen molar-refractivity contribution in [2.24, 2.45) is 10.9 Å². The first kappa shape index (κ1) is 19.5. The molecule has 6 nitrogen and oxygen atoms in total. The summed E-state index contributed by atoms with van der Waals surface area (Å²) in [7, 11) is 0. The Hall–Kier alpha value is -2.31. The van der Waals surface area contributed by atoms with Crippen molar-refractivity contribution in [3.05, 3.63) is 30.1 Å². The highest BCUT2D eigenvalue weighted by Gasteiger charge is 2.22. The van der Waals surface area contributed by atoms with E-state index in [1.165, 1.54) is 25.0 Å². The first-order valence-corrected chi connectivity index (χ1v) is 9.96. The summed E-state index contributed by atoms with van der Waals surface area (Å²) in [6.07, 6.45) is 3.03. The lowest BCUT2D eigenvalue weighted by Gasteiger charge is -2.36. The number of hydrogen-bond acceptors (Lipinski definition) is 3. The molecule has 1 aliphatic carbocycles. The topological polar surface area (TPSA) is 60.0 Å². The monoisotopic (exact) mass is 375 g/mol. The summed E-state index contributed by atoms with van der Waals surface area (Å²) in [5.41, 5.74) is 1.01. The van der Waals surface area contributed by atoms with Crippen LogP contribution in [0.25, 0.3) is 0 Å². The number of guanidine groups is 1. The SMILES string of the molecule is CCNC(=NCC1CC1)NCCC(=O)N1CCN(c2ccc(F)cc2)CC1. The molecule has 0 bridgehead atoms. The number of nitrogens with one attached hydrogen (secondary N) is 2. The van der Waals surface area contributed by atoms with Crippen LogP contribution in [0, 0.1) is 11.7 Å². The van der Waals surface area contributed by atoms with E-state index in [0.29, 0.717) is 26.1 Å². The van der Waals surface area contributed by atoms with Crippen LogP contribution in [0.3, 0.4) is 0 Å². The molecular formula is C20H30FN5O. The van der Waals surface area contributed by atoms with Gasteiger partial charge >= 0.3 is 0 Å². The Balaban J connectivity index is 1.38. The van der Waals surface area contributed by atoms with Gasteiger partial charge in [-0.25, -0.2) is 4.39 Å². The molecule has 1 saturated carbocycles. The standard InChI is InChI=1S/C20H30FN5O/c1-2-22-20(24-15-16-3-4-16)23-10-9-19(27)26-13-11-25(12-14-26)18-7-5-17(21)6-8-18/h5-8,16H,2-4,9-15H2,1H3,(H2,22,23,24). The molecule has 7 heteroatoms. The molecule has 2 aliphatic rings. The molecule has 1 aliphatic heterocycles. The van der Waals surface area contributed by atoms with Crippen LogP contribution in [0.4, 0.5) is 10.1 Å². The summed E-state index contributed by atoms with van der Waals surface area (Å²) in [5, 5.41) is 6.49. The Morgan fingerprint density at radius 3 is 2.48 bits per heavy atom. The molecule has 0 atom stereocenters.